The van der Waals surface area contributed by atoms with Crippen LogP contribution in [0.3, 0.4) is 0 Å². The number of nitrogens with one attached hydrogen (secondary N) is 1. The summed E-state index contributed by atoms with van der Waals surface area (Å²) in [5.74, 6) is -2.04. The first-order chi connectivity index (χ1) is 8.97. The number of carbonyl (C=O) groups excluding carboxylic acids is 1. The van der Waals surface area contributed by atoms with Gasteiger partial charge < -0.3 is 20.4 Å². The van der Waals surface area contributed by atoms with E-state index in [0.717, 1.165) is 25.7 Å². The van der Waals surface area contributed by atoms with Crippen molar-refractivity contribution in [3.05, 3.63) is 0 Å². The van der Waals surface area contributed by atoms with Crippen LogP contribution in [0.25, 0.3) is 0 Å². The average Bonchev–Trinajstić information content (AvgIpc) is 3.16. The second kappa shape index (κ2) is 5.46. The Hall–Kier alpha value is -1.79. The summed E-state index contributed by atoms with van der Waals surface area (Å²) in [4.78, 5) is 35.2. The maximum Gasteiger partial charge on any atom is 0.326 e. The van der Waals surface area contributed by atoms with E-state index in [1.807, 2.05) is 0 Å². The van der Waals surface area contributed by atoms with Gasteiger partial charge in [-0.1, -0.05) is 0 Å². The number of rotatable bonds is 7. The van der Waals surface area contributed by atoms with Crippen LogP contribution >= 0.6 is 0 Å². The Bertz CT molecular complexity index is 390. The Morgan fingerprint density at radius 2 is 1.79 bits per heavy atom. The average molecular weight is 270 g/mol. The number of hydrogen-bond acceptors (Lipinski definition) is 3. The number of carbonyl (C=O) groups is 3. The maximum absolute atomic E-state index is 12.0. The van der Waals surface area contributed by atoms with E-state index in [-0.39, 0.29) is 6.04 Å². The predicted octanol–water partition coefficient (Wildman–Crippen LogP) is 0.498. The lowest BCUT2D eigenvalue weighted by Gasteiger charge is -2.24. The van der Waals surface area contributed by atoms with Crippen LogP contribution in [0.1, 0.15) is 32.1 Å². The van der Waals surface area contributed by atoms with Crippen molar-refractivity contribution in [2.45, 2.75) is 44.2 Å². The Balaban J connectivity index is 1.91. The zero-order chi connectivity index (χ0) is 14.0. The van der Waals surface area contributed by atoms with Gasteiger partial charge in [-0.3, -0.25) is 4.79 Å². The highest BCUT2D eigenvalue weighted by molar-refractivity contribution is 5.86. The van der Waals surface area contributed by atoms with E-state index < -0.39 is 30.4 Å². The van der Waals surface area contributed by atoms with E-state index in [4.69, 9.17) is 10.2 Å². The first-order valence-corrected chi connectivity index (χ1v) is 6.49. The van der Waals surface area contributed by atoms with Crippen LogP contribution in [0, 0.1) is 5.92 Å². The van der Waals surface area contributed by atoms with Crippen molar-refractivity contribution in [3.8, 4) is 0 Å². The normalized spacial score (nSPS) is 19.6. The van der Waals surface area contributed by atoms with Gasteiger partial charge >= 0.3 is 18.0 Å². The molecule has 2 fully saturated rings. The van der Waals surface area contributed by atoms with Crippen LogP contribution in [0.5, 0.6) is 0 Å². The SMILES string of the molecule is O=C(O)CC(NC(=O)N(CC1CC1)C1CC1)C(=O)O. The number of carboxylic acid groups (broad SMARTS) is 2. The largest absolute Gasteiger partial charge is 0.481 e. The summed E-state index contributed by atoms with van der Waals surface area (Å²) in [5.41, 5.74) is 0. The van der Waals surface area contributed by atoms with Crippen LogP contribution in [-0.4, -0.2) is 51.7 Å². The molecule has 0 aromatic rings. The van der Waals surface area contributed by atoms with Crippen molar-refractivity contribution < 1.29 is 24.6 Å². The molecule has 1 atom stereocenters. The van der Waals surface area contributed by atoms with Gasteiger partial charge in [-0.15, -0.1) is 0 Å². The molecule has 2 saturated carbocycles. The molecule has 0 aliphatic heterocycles. The lowest BCUT2D eigenvalue weighted by molar-refractivity contribution is -0.145. The van der Waals surface area contributed by atoms with Crippen molar-refractivity contribution in [3.63, 3.8) is 0 Å². The maximum atomic E-state index is 12.0. The number of nitrogens with zero attached hydrogens (tertiary/aromatic N) is 1. The molecule has 19 heavy (non-hydrogen) atoms. The molecule has 7 nitrogen and oxygen atoms in total. The van der Waals surface area contributed by atoms with E-state index in [0.29, 0.717) is 12.5 Å². The van der Waals surface area contributed by atoms with Crippen LogP contribution in [0.2, 0.25) is 0 Å². The lowest BCUT2D eigenvalue weighted by Crippen LogP contribution is -2.50. The third-order valence-electron chi connectivity index (χ3n) is 3.37. The second-order valence-electron chi connectivity index (χ2n) is 5.27. The summed E-state index contributed by atoms with van der Waals surface area (Å²) in [6.07, 6.45) is 3.48. The van der Waals surface area contributed by atoms with Gasteiger partial charge in [-0.25, -0.2) is 9.59 Å². The molecule has 0 aromatic carbocycles. The third kappa shape index (κ3) is 4.11. The van der Waals surface area contributed by atoms with Gasteiger partial charge in [0.1, 0.15) is 6.04 Å². The van der Waals surface area contributed by atoms with Gasteiger partial charge in [0, 0.05) is 12.6 Å². The van der Waals surface area contributed by atoms with Crippen LogP contribution in [0.4, 0.5) is 4.79 Å². The monoisotopic (exact) mass is 270 g/mol. The van der Waals surface area contributed by atoms with Crippen LogP contribution in [0.15, 0.2) is 0 Å². The molecule has 1 unspecified atom stereocenters. The molecule has 3 N–H and O–H groups in total. The minimum Gasteiger partial charge on any atom is -0.481 e. The van der Waals surface area contributed by atoms with Gasteiger partial charge in [-0.2, -0.15) is 0 Å². The highest BCUT2D eigenvalue weighted by atomic mass is 16.4. The molecule has 7 heteroatoms. The molecule has 106 valence electrons. The molecule has 0 heterocycles. The fourth-order valence-electron chi connectivity index (χ4n) is 1.97. The quantitative estimate of drug-likeness (QED) is 0.624. The molecule has 2 aliphatic carbocycles. The molecule has 2 aliphatic rings. The Labute approximate surface area is 110 Å². The van der Waals surface area contributed by atoms with Crippen LogP contribution in [-0.2, 0) is 9.59 Å². The molecule has 0 saturated heterocycles. The van der Waals surface area contributed by atoms with Gasteiger partial charge in [0.05, 0.1) is 6.42 Å². The highest BCUT2D eigenvalue weighted by Gasteiger charge is 2.37. The molecule has 0 aromatic heterocycles. The third-order valence-corrected chi connectivity index (χ3v) is 3.37. The number of urea groups is 1. The zero-order valence-corrected chi connectivity index (χ0v) is 10.5. The van der Waals surface area contributed by atoms with Crippen molar-refractivity contribution >= 4 is 18.0 Å². The molecule has 0 radical (unpaired) electrons. The summed E-state index contributed by atoms with van der Waals surface area (Å²) < 4.78 is 0. The second-order valence-corrected chi connectivity index (χ2v) is 5.27. The van der Waals surface area contributed by atoms with Crippen molar-refractivity contribution in [2.24, 2.45) is 5.92 Å². The number of carboxylic acids is 2. The Morgan fingerprint density at radius 1 is 1.16 bits per heavy atom. The molecule has 0 bridgehead atoms. The summed E-state index contributed by atoms with van der Waals surface area (Å²) in [6, 6.07) is -1.63. The standard InChI is InChI=1S/C12H18N2O5/c15-10(16)5-9(11(17)18)13-12(19)14(8-3-4-8)6-7-1-2-7/h7-9H,1-6H2,(H,13,19)(H,15,16)(H,17,18). The van der Waals surface area contributed by atoms with Gasteiger partial charge in [-0.05, 0) is 31.6 Å². The molecule has 2 amide bonds. The molecule has 0 spiro atoms. The Kier molecular flexibility index (Phi) is 3.92. The van der Waals surface area contributed by atoms with Crippen LogP contribution < -0.4 is 5.32 Å². The first kappa shape index (κ1) is 13.6. The van der Waals surface area contributed by atoms with E-state index in [9.17, 15) is 14.4 Å². The summed E-state index contributed by atoms with van der Waals surface area (Å²) in [7, 11) is 0. The summed E-state index contributed by atoms with van der Waals surface area (Å²) in [6.45, 7) is 0.649. The summed E-state index contributed by atoms with van der Waals surface area (Å²) in [5, 5.41) is 19.8. The van der Waals surface area contributed by atoms with E-state index in [1.165, 1.54) is 0 Å². The lowest BCUT2D eigenvalue weighted by atomic mass is 10.2. The Morgan fingerprint density at radius 3 is 2.21 bits per heavy atom. The fraction of sp³-hybridized carbons (Fsp3) is 0.750. The number of amides is 2. The van der Waals surface area contributed by atoms with Crippen molar-refractivity contribution in [2.75, 3.05) is 6.54 Å². The predicted molar refractivity (Wildman–Crippen MR) is 64.7 cm³/mol. The van der Waals surface area contributed by atoms with E-state index in [1.54, 1.807) is 4.90 Å². The molecule has 2 rings (SSSR count). The van der Waals surface area contributed by atoms with Crippen molar-refractivity contribution in [1.82, 2.24) is 10.2 Å². The van der Waals surface area contributed by atoms with Crippen molar-refractivity contribution in [1.29, 1.82) is 0 Å². The summed E-state index contributed by atoms with van der Waals surface area (Å²) >= 11 is 0. The van der Waals surface area contributed by atoms with Gasteiger partial charge in [0.2, 0.25) is 0 Å². The number of aliphatic carboxylic acids is 2. The molecular weight excluding hydrogens is 252 g/mol. The topological polar surface area (TPSA) is 107 Å². The minimum atomic E-state index is -1.37. The zero-order valence-electron chi connectivity index (χ0n) is 10.5. The smallest absolute Gasteiger partial charge is 0.326 e. The highest BCUT2D eigenvalue weighted by Crippen LogP contribution is 2.34. The fourth-order valence-corrected chi connectivity index (χ4v) is 1.97. The first-order valence-electron chi connectivity index (χ1n) is 6.49. The van der Waals surface area contributed by atoms with E-state index in [2.05, 4.69) is 5.32 Å². The molecular formula is C12H18N2O5. The number of hydrogen-bond donors (Lipinski definition) is 3. The van der Waals surface area contributed by atoms with E-state index >= 15 is 0 Å². The van der Waals surface area contributed by atoms with Gasteiger partial charge in [0.25, 0.3) is 0 Å². The minimum absolute atomic E-state index is 0.194. The van der Waals surface area contributed by atoms with Gasteiger partial charge in [0.15, 0.2) is 0 Å².